The summed E-state index contributed by atoms with van der Waals surface area (Å²) in [5, 5.41) is 9.51. The number of nitriles is 1. The molecule has 0 radical (unpaired) electrons. The lowest BCUT2D eigenvalue weighted by Crippen LogP contribution is -2.00. The molecular formula is C21H19N3O2. The summed E-state index contributed by atoms with van der Waals surface area (Å²) in [6.07, 6.45) is 0. The second kappa shape index (κ2) is 7.58. The zero-order valence-corrected chi connectivity index (χ0v) is 14.7. The lowest BCUT2D eigenvalue weighted by Gasteiger charge is -2.11. The van der Waals surface area contributed by atoms with Gasteiger partial charge in [-0.25, -0.2) is 4.98 Å². The predicted octanol–water partition coefficient (Wildman–Crippen LogP) is 4.28. The van der Waals surface area contributed by atoms with Crippen LogP contribution in [0.25, 0.3) is 22.4 Å². The van der Waals surface area contributed by atoms with Crippen LogP contribution in [-0.4, -0.2) is 18.7 Å². The van der Waals surface area contributed by atoms with E-state index in [1.54, 1.807) is 7.11 Å². The van der Waals surface area contributed by atoms with E-state index in [4.69, 9.17) is 15.2 Å². The van der Waals surface area contributed by atoms with E-state index < -0.39 is 0 Å². The van der Waals surface area contributed by atoms with E-state index in [-0.39, 0.29) is 5.82 Å². The molecule has 130 valence electrons. The van der Waals surface area contributed by atoms with Crippen molar-refractivity contribution < 1.29 is 9.47 Å². The summed E-state index contributed by atoms with van der Waals surface area (Å²) in [5.41, 5.74) is 9.65. The largest absolute Gasteiger partial charge is 0.497 e. The number of aromatic nitrogens is 1. The summed E-state index contributed by atoms with van der Waals surface area (Å²) in [6.45, 7) is 2.56. The monoisotopic (exact) mass is 345 g/mol. The fraction of sp³-hybridized carbons (Fsp3) is 0.143. The molecule has 0 amide bonds. The maximum atomic E-state index is 9.51. The van der Waals surface area contributed by atoms with Gasteiger partial charge in [0.05, 0.1) is 19.4 Å². The molecule has 5 nitrogen and oxygen atoms in total. The number of ether oxygens (including phenoxy) is 2. The van der Waals surface area contributed by atoms with Crippen molar-refractivity contribution in [1.82, 2.24) is 4.98 Å². The van der Waals surface area contributed by atoms with Crippen molar-refractivity contribution in [2.75, 3.05) is 19.5 Å². The molecule has 0 atom stereocenters. The second-order valence-corrected chi connectivity index (χ2v) is 5.61. The Morgan fingerprint density at radius 2 is 1.62 bits per heavy atom. The Kier molecular flexibility index (Phi) is 5.04. The zero-order valence-electron chi connectivity index (χ0n) is 14.7. The normalized spacial score (nSPS) is 10.2. The number of rotatable bonds is 5. The molecule has 5 heteroatoms. The van der Waals surface area contributed by atoms with Crippen molar-refractivity contribution in [2.24, 2.45) is 0 Å². The summed E-state index contributed by atoms with van der Waals surface area (Å²) in [4.78, 5) is 4.40. The SMILES string of the molecule is CCOc1ccc(-c2cc(-c3ccc(OC)cc3)c(C#N)c(N)n2)cc1. The van der Waals surface area contributed by atoms with E-state index in [0.29, 0.717) is 17.9 Å². The number of hydrogen-bond donors (Lipinski definition) is 1. The molecule has 2 aromatic carbocycles. The van der Waals surface area contributed by atoms with E-state index in [2.05, 4.69) is 11.1 Å². The van der Waals surface area contributed by atoms with Gasteiger partial charge in [-0.2, -0.15) is 5.26 Å². The van der Waals surface area contributed by atoms with Crippen molar-refractivity contribution in [1.29, 1.82) is 5.26 Å². The van der Waals surface area contributed by atoms with Crippen LogP contribution in [0.4, 0.5) is 5.82 Å². The molecule has 0 aliphatic rings. The van der Waals surface area contributed by atoms with Crippen LogP contribution in [0, 0.1) is 11.3 Å². The number of nitrogens with two attached hydrogens (primary N) is 1. The predicted molar refractivity (Wildman–Crippen MR) is 102 cm³/mol. The highest BCUT2D eigenvalue weighted by atomic mass is 16.5. The Balaban J connectivity index is 2.08. The fourth-order valence-electron chi connectivity index (χ4n) is 2.72. The van der Waals surface area contributed by atoms with Crippen molar-refractivity contribution in [3.8, 4) is 40.0 Å². The molecule has 0 aliphatic carbocycles. The van der Waals surface area contributed by atoms with Crippen LogP contribution in [0.5, 0.6) is 11.5 Å². The first-order valence-electron chi connectivity index (χ1n) is 8.24. The van der Waals surface area contributed by atoms with Crippen LogP contribution in [0.2, 0.25) is 0 Å². The summed E-state index contributed by atoms with van der Waals surface area (Å²) in [7, 11) is 1.62. The molecule has 2 N–H and O–H groups in total. The molecule has 0 aliphatic heterocycles. The molecular weight excluding hydrogens is 326 g/mol. The zero-order chi connectivity index (χ0) is 18.5. The van der Waals surface area contributed by atoms with E-state index >= 15 is 0 Å². The van der Waals surface area contributed by atoms with Crippen molar-refractivity contribution >= 4 is 5.82 Å². The maximum Gasteiger partial charge on any atom is 0.142 e. The summed E-state index contributed by atoms with van der Waals surface area (Å²) in [6, 6.07) is 19.2. The van der Waals surface area contributed by atoms with Gasteiger partial charge in [0.1, 0.15) is 28.9 Å². The van der Waals surface area contributed by atoms with Crippen molar-refractivity contribution in [3.05, 3.63) is 60.2 Å². The minimum atomic E-state index is 0.213. The van der Waals surface area contributed by atoms with Gasteiger partial charge >= 0.3 is 0 Å². The lowest BCUT2D eigenvalue weighted by molar-refractivity contribution is 0.340. The van der Waals surface area contributed by atoms with Gasteiger partial charge < -0.3 is 15.2 Å². The summed E-state index contributed by atoms with van der Waals surface area (Å²) >= 11 is 0. The molecule has 0 bridgehead atoms. The van der Waals surface area contributed by atoms with Gasteiger partial charge in [-0.1, -0.05) is 12.1 Å². The molecule has 26 heavy (non-hydrogen) atoms. The number of hydrogen-bond acceptors (Lipinski definition) is 5. The lowest BCUT2D eigenvalue weighted by atomic mass is 9.98. The number of pyridine rings is 1. The molecule has 3 aromatic rings. The third-order valence-electron chi connectivity index (χ3n) is 4.02. The Bertz CT molecular complexity index is 943. The van der Waals surface area contributed by atoms with Gasteiger partial charge in [0.2, 0.25) is 0 Å². The number of nitrogens with zero attached hydrogens (tertiary/aromatic N) is 2. The Hall–Kier alpha value is -3.52. The Morgan fingerprint density at radius 1 is 1.00 bits per heavy atom. The minimum Gasteiger partial charge on any atom is -0.497 e. The third kappa shape index (κ3) is 3.45. The number of nitrogen functional groups attached to an aromatic ring is 1. The maximum absolute atomic E-state index is 9.51. The van der Waals surface area contributed by atoms with Crippen LogP contribution < -0.4 is 15.2 Å². The van der Waals surface area contributed by atoms with Gasteiger partial charge in [-0.05, 0) is 55.0 Å². The van der Waals surface area contributed by atoms with Gasteiger partial charge in [0, 0.05) is 11.1 Å². The number of anilines is 1. The smallest absolute Gasteiger partial charge is 0.142 e. The molecule has 0 spiro atoms. The Morgan fingerprint density at radius 3 is 2.19 bits per heavy atom. The average molecular weight is 345 g/mol. The standard InChI is InChI=1S/C21H19N3O2/c1-3-26-17-10-6-15(7-11-17)20-12-18(19(13-22)21(23)24-20)14-4-8-16(25-2)9-5-14/h4-12H,3H2,1-2H3,(H2,23,24). The third-order valence-corrected chi connectivity index (χ3v) is 4.02. The average Bonchev–Trinajstić information content (AvgIpc) is 2.68. The topological polar surface area (TPSA) is 81.2 Å². The van der Waals surface area contributed by atoms with Crippen molar-refractivity contribution in [2.45, 2.75) is 6.92 Å². The molecule has 1 heterocycles. The summed E-state index contributed by atoms with van der Waals surface area (Å²) in [5.74, 6) is 1.76. The van der Waals surface area contributed by atoms with E-state index in [0.717, 1.165) is 28.2 Å². The van der Waals surface area contributed by atoms with Crippen LogP contribution in [0.15, 0.2) is 54.6 Å². The Labute approximate surface area is 152 Å². The first-order chi connectivity index (χ1) is 12.7. The quantitative estimate of drug-likeness (QED) is 0.746. The van der Waals surface area contributed by atoms with Crippen LogP contribution >= 0.6 is 0 Å². The summed E-state index contributed by atoms with van der Waals surface area (Å²) < 4.78 is 10.7. The van der Waals surface area contributed by atoms with Crippen molar-refractivity contribution in [3.63, 3.8) is 0 Å². The van der Waals surface area contributed by atoms with Crippen LogP contribution in [0.1, 0.15) is 12.5 Å². The molecule has 1 aromatic heterocycles. The molecule has 3 rings (SSSR count). The molecule has 0 fully saturated rings. The highest BCUT2D eigenvalue weighted by Gasteiger charge is 2.13. The van der Waals surface area contributed by atoms with E-state index in [9.17, 15) is 5.26 Å². The number of methoxy groups -OCH3 is 1. The van der Waals surface area contributed by atoms with Gasteiger partial charge in [0.25, 0.3) is 0 Å². The second-order valence-electron chi connectivity index (χ2n) is 5.61. The highest BCUT2D eigenvalue weighted by molar-refractivity contribution is 5.80. The van der Waals surface area contributed by atoms with Crippen LogP contribution in [0.3, 0.4) is 0 Å². The first kappa shape index (κ1) is 17.3. The van der Waals surface area contributed by atoms with Gasteiger partial charge in [-0.15, -0.1) is 0 Å². The van der Waals surface area contributed by atoms with Gasteiger partial charge in [-0.3, -0.25) is 0 Å². The highest BCUT2D eigenvalue weighted by Crippen LogP contribution is 2.32. The van der Waals surface area contributed by atoms with E-state index in [1.165, 1.54) is 0 Å². The number of benzene rings is 2. The minimum absolute atomic E-state index is 0.213. The molecule has 0 saturated carbocycles. The fourth-order valence-corrected chi connectivity index (χ4v) is 2.72. The first-order valence-corrected chi connectivity index (χ1v) is 8.24. The van der Waals surface area contributed by atoms with E-state index in [1.807, 2.05) is 61.5 Å². The van der Waals surface area contributed by atoms with Crippen LogP contribution in [-0.2, 0) is 0 Å². The van der Waals surface area contributed by atoms with Gasteiger partial charge in [0.15, 0.2) is 0 Å². The molecule has 0 unspecified atom stereocenters. The molecule has 0 saturated heterocycles.